The molecule has 6 nitrogen and oxygen atoms in total. The molecule has 0 aromatic carbocycles. The Bertz CT molecular complexity index is 724. The first-order chi connectivity index (χ1) is 13.2. The van der Waals surface area contributed by atoms with Gasteiger partial charge in [-0.15, -0.1) is 12.3 Å². The molecule has 28 heavy (non-hydrogen) atoms. The molecule has 1 aliphatic rings. The molecule has 1 aliphatic heterocycles. The summed E-state index contributed by atoms with van der Waals surface area (Å²) in [6.07, 6.45) is 7.90. The minimum absolute atomic E-state index is 0.0757. The van der Waals surface area contributed by atoms with Crippen molar-refractivity contribution in [2.45, 2.75) is 65.0 Å². The first kappa shape index (κ1) is 21.9. The number of unbranched alkanes of at least 4 members (excludes halogenated alkanes) is 3. The van der Waals surface area contributed by atoms with Crippen LogP contribution in [0, 0.1) is 17.8 Å². The Morgan fingerprint density at radius 2 is 2.14 bits per heavy atom. The molecule has 0 bridgehead atoms. The molecular weight excluding hydrogens is 366 g/mol. The number of amides is 2. The zero-order valence-corrected chi connectivity index (χ0v) is 16.5. The Morgan fingerprint density at radius 3 is 2.82 bits per heavy atom. The largest absolute Gasteiger partial charge is 0.346 e. The van der Waals surface area contributed by atoms with Crippen molar-refractivity contribution in [2.24, 2.45) is 5.41 Å². The van der Waals surface area contributed by atoms with Crippen LogP contribution >= 0.6 is 0 Å². The van der Waals surface area contributed by atoms with Gasteiger partial charge >= 0.3 is 0 Å². The highest BCUT2D eigenvalue weighted by molar-refractivity contribution is 5.92. The second-order valence-corrected chi connectivity index (χ2v) is 7.87. The monoisotopic (exact) mass is 394 g/mol. The van der Waals surface area contributed by atoms with Crippen molar-refractivity contribution >= 4 is 11.8 Å². The van der Waals surface area contributed by atoms with E-state index in [0.29, 0.717) is 19.5 Å². The number of alkyl halides is 2. The van der Waals surface area contributed by atoms with E-state index in [4.69, 9.17) is 6.42 Å². The second kappa shape index (κ2) is 9.67. The summed E-state index contributed by atoms with van der Waals surface area (Å²) < 4.78 is 25.9. The molecule has 1 atom stereocenters. The number of hydrogen-bond acceptors (Lipinski definition) is 3. The van der Waals surface area contributed by atoms with Crippen LogP contribution in [0.25, 0.3) is 0 Å². The predicted octanol–water partition coefficient (Wildman–Crippen LogP) is 2.70. The van der Waals surface area contributed by atoms with Crippen molar-refractivity contribution in [1.82, 2.24) is 20.0 Å². The van der Waals surface area contributed by atoms with Crippen molar-refractivity contribution in [2.75, 3.05) is 13.1 Å². The maximum atomic E-state index is 12.5. The SMILES string of the molecule is C#CCCCCCC(=O)N1CC(NC(=O)c2ccn(CC(F)F)n2)C(C)(C)C1. The molecule has 0 aliphatic carbocycles. The van der Waals surface area contributed by atoms with Crippen LogP contribution in [-0.4, -0.2) is 52.1 Å². The highest BCUT2D eigenvalue weighted by Crippen LogP contribution is 2.30. The Balaban J connectivity index is 1.88. The first-order valence-corrected chi connectivity index (χ1v) is 9.56. The lowest BCUT2D eigenvalue weighted by molar-refractivity contribution is -0.130. The number of carbonyl (C=O) groups is 2. The van der Waals surface area contributed by atoms with Crippen molar-refractivity contribution < 1.29 is 18.4 Å². The summed E-state index contributed by atoms with van der Waals surface area (Å²) in [5, 5.41) is 6.79. The summed E-state index contributed by atoms with van der Waals surface area (Å²) in [7, 11) is 0. The molecule has 1 fully saturated rings. The molecule has 2 heterocycles. The van der Waals surface area contributed by atoms with E-state index in [1.807, 2.05) is 13.8 Å². The molecule has 0 radical (unpaired) electrons. The quantitative estimate of drug-likeness (QED) is 0.517. The van der Waals surface area contributed by atoms with Crippen LogP contribution in [0.1, 0.15) is 56.4 Å². The molecule has 1 unspecified atom stereocenters. The van der Waals surface area contributed by atoms with Crippen LogP contribution in [0.5, 0.6) is 0 Å². The molecule has 0 saturated carbocycles. The predicted molar refractivity (Wildman–Crippen MR) is 102 cm³/mol. The normalized spacial score (nSPS) is 18.3. The van der Waals surface area contributed by atoms with Crippen molar-refractivity contribution in [3.8, 4) is 12.3 Å². The second-order valence-electron chi connectivity index (χ2n) is 7.87. The van der Waals surface area contributed by atoms with Gasteiger partial charge in [0.15, 0.2) is 0 Å². The number of halogens is 2. The van der Waals surface area contributed by atoms with Crippen LogP contribution < -0.4 is 5.32 Å². The molecule has 1 aromatic heterocycles. The lowest BCUT2D eigenvalue weighted by Gasteiger charge is -2.25. The minimum Gasteiger partial charge on any atom is -0.346 e. The molecule has 2 rings (SSSR count). The molecule has 8 heteroatoms. The number of aromatic nitrogens is 2. The fourth-order valence-electron chi connectivity index (χ4n) is 3.36. The van der Waals surface area contributed by atoms with Gasteiger partial charge in [0.05, 0.1) is 6.04 Å². The van der Waals surface area contributed by atoms with Gasteiger partial charge in [-0.2, -0.15) is 5.10 Å². The summed E-state index contributed by atoms with van der Waals surface area (Å²) in [5.41, 5.74) is -0.199. The fraction of sp³-hybridized carbons (Fsp3) is 0.650. The summed E-state index contributed by atoms with van der Waals surface area (Å²) in [6, 6.07) is 1.18. The van der Waals surface area contributed by atoms with Gasteiger partial charge in [0.2, 0.25) is 5.91 Å². The van der Waals surface area contributed by atoms with Gasteiger partial charge in [-0.05, 0) is 18.9 Å². The number of nitrogens with zero attached hydrogens (tertiary/aromatic N) is 3. The molecule has 1 aromatic rings. The van der Waals surface area contributed by atoms with Gasteiger partial charge in [-0.25, -0.2) is 8.78 Å². The number of terminal acetylenes is 1. The van der Waals surface area contributed by atoms with Crippen molar-refractivity contribution in [3.05, 3.63) is 18.0 Å². The van der Waals surface area contributed by atoms with Gasteiger partial charge in [0.1, 0.15) is 12.2 Å². The lowest BCUT2D eigenvalue weighted by Crippen LogP contribution is -2.44. The van der Waals surface area contributed by atoms with Crippen LogP contribution in [-0.2, 0) is 11.3 Å². The molecule has 1 saturated heterocycles. The average molecular weight is 394 g/mol. The van der Waals surface area contributed by atoms with E-state index in [9.17, 15) is 18.4 Å². The smallest absolute Gasteiger partial charge is 0.272 e. The number of nitrogens with one attached hydrogen (secondary N) is 1. The number of carbonyl (C=O) groups excluding carboxylic acids is 2. The highest BCUT2D eigenvalue weighted by Gasteiger charge is 2.42. The highest BCUT2D eigenvalue weighted by atomic mass is 19.3. The van der Waals surface area contributed by atoms with Gasteiger partial charge < -0.3 is 10.2 Å². The van der Waals surface area contributed by atoms with Crippen LogP contribution in [0.4, 0.5) is 8.78 Å². The zero-order chi connectivity index (χ0) is 20.7. The van der Waals surface area contributed by atoms with Crippen LogP contribution in [0.2, 0.25) is 0 Å². The minimum atomic E-state index is -2.53. The number of rotatable bonds is 9. The van der Waals surface area contributed by atoms with Crippen LogP contribution in [0.15, 0.2) is 12.3 Å². The third-order valence-electron chi connectivity index (χ3n) is 5.01. The average Bonchev–Trinajstić information content (AvgIpc) is 3.18. The summed E-state index contributed by atoms with van der Waals surface area (Å²) in [6.45, 7) is 4.42. The Morgan fingerprint density at radius 1 is 1.39 bits per heavy atom. The molecule has 1 N–H and O–H groups in total. The third-order valence-corrected chi connectivity index (χ3v) is 5.01. The maximum absolute atomic E-state index is 12.5. The zero-order valence-electron chi connectivity index (χ0n) is 16.5. The van der Waals surface area contributed by atoms with Gasteiger partial charge in [-0.3, -0.25) is 14.3 Å². The van der Waals surface area contributed by atoms with Gasteiger partial charge in [0.25, 0.3) is 12.3 Å². The van der Waals surface area contributed by atoms with E-state index in [-0.39, 0.29) is 23.1 Å². The van der Waals surface area contributed by atoms with E-state index in [1.54, 1.807) is 4.90 Å². The van der Waals surface area contributed by atoms with E-state index < -0.39 is 18.9 Å². The number of likely N-dealkylation sites (tertiary alicyclic amines) is 1. The van der Waals surface area contributed by atoms with Crippen molar-refractivity contribution in [1.29, 1.82) is 0 Å². The number of hydrogen-bond donors (Lipinski definition) is 1. The van der Waals surface area contributed by atoms with Gasteiger partial charge in [-0.1, -0.05) is 20.3 Å². The summed E-state index contributed by atoms with van der Waals surface area (Å²) >= 11 is 0. The maximum Gasteiger partial charge on any atom is 0.272 e. The van der Waals surface area contributed by atoms with Crippen molar-refractivity contribution in [3.63, 3.8) is 0 Å². The molecular formula is C20H28F2N4O2. The molecule has 154 valence electrons. The molecule has 0 spiro atoms. The van der Waals surface area contributed by atoms with E-state index in [2.05, 4.69) is 16.3 Å². The van der Waals surface area contributed by atoms with Crippen LogP contribution in [0.3, 0.4) is 0 Å². The molecule has 2 amide bonds. The van der Waals surface area contributed by atoms with E-state index >= 15 is 0 Å². The summed E-state index contributed by atoms with van der Waals surface area (Å²) in [4.78, 5) is 26.7. The van der Waals surface area contributed by atoms with E-state index in [1.165, 1.54) is 12.3 Å². The van der Waals surface area contributed by atoms with Gasteiger partial charge in [0, 0.05) is 37.5 Å². The Kier molecular flexibility index (Phi) is 7.55. The summed E-state index contributed by atoms with van der Waals surface area (Å²) in [5.74, 6) is 2.24. The Labute approximate surface area is 164 Å². The fourth-order valence-corrected chi connectivity index (χ4v) is 3.36. The lowest BCUT2D eigenvalue weighted by atomic mass is 9.88. The Hall–Kier alpha value is -2.43. The first-order valence-electron chi connectivity index (χ1n) is 9.56. The van der Waals surface area contributed by atoms with E-state index in [0.717, 1.165) is 30.4 Å². The topological polar surface area (TPSA) is 67.2 Å². The third kappa shape index (κ3) is 6.04. The standard InChI is InChI=1S/C20H28F2N4O2/c1-4-5-6-7-8-9-18(27)25-12-16(20(2,3)14-25)23-19(28)15-10-11-26(24-15)13-17(21)22/h1,10-11,16-17H,5-9,12-14H2,2-3H3,(H,23,28).